The van der Waals surface area contributed by atoms with Gasteiger partial charge in [-0.2, -0.15) is 0 Å². The third-order valence-electron chi connectivity index (χ3n) is 4.10. The van der Waals surface area contributed by atoms with Crippen molar-refractivity contribution < 1.29 is 9.53 Å². The first kappa shape index (κ1) is 17.4. The standard InChI is InChI=1S/C19H24N4O2/c1-15-13-23(8-9-25-15)14-17-5-2-4-16(10-17)11-21-19(24)22-18-6-3-7-20-12-18/h2-7,10,12,15H,8-9,11,13-14H2,1H3,(H2,21,22,24). The second-order valence-electron chi connectivity index (χ2n) is 6.29. The molecule has 1 aliphatic rings. The van der Waals surface area contributed by atoms with Gasteiger partial charge in [-0.05, 0) is 30.2 Å². The van der Waals surface area contributed by atoms with E-state index in [0.717, 1.165) is 31.8 Å². The molecule has 2 aromatic rings. The zero-order valence-electron chi connectivity index (χ0n) is 14.4. The van der Waals surface area contributed by atoms with E-state index in [4.69, 9.17) is 4.74 Å². The highest BCUT2D eigenvalue weighted by atomic mass is 16.5. The third kappa shape index (κ3) is 5.55. The van der Waals surface area contributed by atoms with Gasteiger partial charge in [0, 0.05) is 32.4 Å². The van der Waals surface area contributed by atoms with Crippen LogP contribution < -0.4 is 10.6 Å². The first-order chi connectivity index (χ1) is 12.2. The highest BCUT2D eigenvalue weighted by Crippen LogP contribution is 2.12. The maximum atomic E-state index is 12.0. The Balaban J connectivity index is 1.50. The molecule has 0 aliphatic carbocycles. The Hall–Kier alpha value is -2.44. The predicted octanol–water partition coefficient (Wildman–Crippen LogP) is 2.62. The Morgan fingerprint density at radius 3 is 3.00 bits per heavy atom. The van der Waals surface area contributed by atoms with Gasteiger partial charge in [-0.15, -0.1) is 0 Å². The van der Waals surface area contributed by atoms with E-state index in [1.165, 1.54) is 5.56 Å². The zero-order chi connectivity index (χ0) is 17.5. The zero-order valence-corrected chi connectivity index (χ0v) is 14.4. The second-order valence-corrected chi connectivity index (χ2v) is 6.29. The number of morpholine rings is 1. The van der Waals surface area contributed by atoms with Crippen LogP contribution in [0, 0.1) is 0 Å². The lowest BCUT2D eigenvalue weighted by atomic mass is 10.1. The van der Waals surface area contributed by atoms with Crippen LogP contribution in [0.4, 0.5) is 10.5 Å². The number of carbonyl (C=O) groups excluding carboxylic acids is 1. The topological polar surface area (TPSA) is 66.5 Å². The van der Waals surface area contributed by atoms with E-state index in [1.54, 1.807) is 24.5 Å². The number of aromatic nitrogens is 1. The van der Waals surface area contributed by atoms with Gasteiger partial charge in [0.25, 0.3) is 0 Å². The molecule has 0 saturated carbocycles. The summed E-state index contributed by atoms with van der Waals surface area (Å²) in [6, 6.07) is 11.7. The van der Waals surface area contributed by atoms with Gasteiger partial charge in [0.1, 0.15) is 0 Å². The molecule has 1 fully saturated rings. The number of pyridine rings is 1. The summed E-state index contributed by atoms with van der Waals surface area (Å²) < 4.78 is 5.58. The first-order valence-corrected chi connectivity index (χ1v) is 8.56. The van der Waals surface area contributed by atoms with Crippen LogP contribution in [0.25, 0.3) is 0 Å². The molecule has 132 valence electrons. The van der Waals surface area contributed by atoms with Gasteiger partial charge >= 0.3 is 6.03 Å². The molecule has 1 atom stereocenters. The molecule has 25 heavy (non-hydrogen) atoms. The van der Waals surface area contributed by atoms with Crippen LogP contribution in [0.2, 0.25) is 0 Å². The number of nitrogens with one attached hydrogen (secondary N) is 2. The number of amides is 2. The Morgan fingerprint density at radius 1 is 1.32 bits per heavy atom. The summed E-state index contributed by atoms with van der Waals surface area (Å²) in [5, 5.41) is 5.64. The molecule has 1 saturated heterocycles. The van der Waals surface area contributed by atoms with Crippen molar-refractivity contribution in [1.82, 2.24) is 15.2 Å². The lowest BCUT2D eigenvalue weighted by Crippen LogP contribution is -2.40. The molecule has 0 bridgehead atoms. The fourth-order valence-corrected chi connectivity index (χ4v) is 2.92. The molecule has 1 unspecified atom stereocenters. The summed E-state index contributed by atoms with van der Waals surface area (Å²) in [7, 11) is 0. The molecule has 0 radical (unpaired) electrons. The fraction of sp³-hybridized carbons (Fsp3) is 0.368. The number of anilines is 1. The van der Waals surface area contributed by atoms with Gasteiger partial charge in [-0.25, -0.2) is 4.79 Å². The summed E-state index contributed by atoms with van der Waals surface area (Å²) in [5.74, 6) is 0. The lowest BCUT2D eigenvalue weighted by Gasteiger charge is -2.31. The van der Waals surface area contributed by atoms with Crippen molar-refractivity contribution in [3.05, 3.63) is 59.9 Å². The second kappa shape index (κ2) is 8.60. The van der Waals surface area contributed by atoms with Crippen molar-refractivity contribution in [2.45, 2.75) is 26.1 Å². The summed E-state index contributed by atoms with van der Waals surface area (Å²) in [6.45, 7) is 6.20. The van der Waals surface area contributed by atoms with Crippen molar-refractivity contribution in [3.8, 4) is 0 Å². The van der Waals surface area contributed by atoms with Crippen LogP contribution in [-0.4, -0.2) is 41.7 Å². The van der Waals surface area contributed by atoms with Crippen molar-refractivity contribution >= 4 is 11.7 Å². The number of carbonyl (C=O) groups is 1. The van der Waals surface area contributed by atoms with Crippen molar-refractivity contribution in [2.24, 2.45) is 0 Å². The average molecular weight is 340 g/mol. The van der Waals surface area contributed by atoms with E-state index in [-0.39, 0.29) is 12.1 Å². The van der Waals surface area contributed by atoms with Crippen molar-refractivity contribution in [3.63, 3.8) is 0 Å². The van der Waals surface area contributed by atoms with Crippen molar-refractivity contribution in [1.29, 1.82) is 0 Å². The molecule has 2 amide bonds. The summed E-state index contributed by atoms with van der Waals surface area (Å²) in [5.41, 5.74) is 3.01. The van der Waals surface area contributed by atoms with Gasteiger partial charge < -0.3 is 15.4 Å². The van der Waals surface area contributed by atoms with E-state index >= 15 is 0 Å². The molecule has 1 aromatic carbocycles. The SMILES string of the molecule is CC1CN(Cc2cccc(CNC(=O)Nc3cccnc3)c2)CCO1. The number of benzene rings is 1. The van der Waals surface area contributed by atoms with Crippen LogP contribution in [0.15, 0.2) is 48.8 Å². The van der Waals surface area contributed by atoms with E-state index in [9.17, 15) is 4.79 Å². The van der Waals surface area contributed by atoms with E-state index < -0.39 is 0 Å². The highest BCUT2D eigenvalue weighted by molar-refractivity contribution is 5.88. The molecular formula is C19H24N4O2. The third-order valence-corrected chi connectivity index (χ3v) is 4.10. The smallest absolute Gasteiger partial charge is 0.319 e. The Labute approximate surface area is 148 Å². The number of hydrogen-bond acceptors (Lipinski definition) is 4. The van der Waals surface area contributed by atoms with Crippen LogP contribution in [0.5, 0.6) is 0 Å². The summed E-state index contributed by atoms with van der Waals surface area (Å²) in [6.07, 6.45) is 3.57. The van der Waals surface area contributed by atoms with Gasteiger partial charge in [0.05, 0.1) is 24.6 Å². The number of ether oxygens (including phenoxy) is 1. The minimum atomic E-state index is -0.236. The minimum Gasteiger partial charge on any atom is -0.376 e. The summed E-state index contributed by atoms with van der Waals surface area (Å²) >= 11 is 0. The molecule has 2 N–H and O–H groups in total. The maximum Gasteiger partial charge on any atom is 0.319 e. The monoisotopic (exact) mass is 340 g/mol. The van der Waals surface area contributed by atoms with Gasteiger partial charge in [-0.3, -0.25) is 9.88 Å². The molecule has 0 spiro atoms. The summed E-state index contributed by atoms with van der Waals surface area (Å²) in [4.78, 5) is 18.3. The molecule has 1 aliphatic heterocycles. The maximum absolute atomic E-state index is 12.0. The lowest BCUT2D eigenvalue weighted by molar-refractivity contribution is -0.0212. The van der Waals surface area contributed by atoms with Crippen LogP contribution in [0.1, 0.15) is 18.1 Å². The number of rotatable bonds is 5. The van der Waals surface area contributed by atoms with Gasteiger partial charge in [-0.1, -0.05) is 24.3 Å². The molecule has 6 nitrogen and oxygen atoms in total. The van der Waals surface area contributed by atoms with Gasteiger partial charge in [0.15, 0.2) is 0 Å². The van der Waals surface area contributed by atoms with Crippen LogP contribution in [0.3, 0.4) is 0 Å². The van der Waals surface area contributed by atoms with E-state index in [2.05, 4.69) is 39.6 Å². The molecular weight excluding hydrogens is 316 g/mol. The van der Waals surface area contributed by atoms with Crippen LogP contribution in [-0.2, 0) is 17.8 Å². The molecule has 3 rings (SSSR count). The van der Waals surface area contributed by atoms with E-state index in [0.29, 0.717) is 12.2 Å². The molecule has 2 heterocycles. The van der Waals surface area contributed by atoms with Gasteiger partial charge in [0.2, 0.25) is 0 Å². The normalized spacial score (nSPS) is 17.9. The molecule has 6 heteroatoms. The molecule has 1 aromatic heterocycles. The number of hydrogen-bond donors (Lipinski definition) is 2. The largest absolute Gasteiger partial charge is 0.376 e. The average Bonchev–Trinajstić information content (AvgIpc) is 2.61. The van der Waals surface area contributed by atoms with E-state index in [1.807, 2.05) is 12.1 Å². The minimum absolute atomic E-state index is 0.236. The van der Waals surface area contributed by atoms with Crippen molar-refractivity contribution in [2.75, 3.05) is 25.0 Å². The predicted molar refractivity (Wildman–Crippen MR) is 97.2 cm³/mol. The highest BCUT2D eigenvalue weighted by Gasteiger charge is 2.16. The number of urea groups is 1. The first-order valence-electron chi connectivity index (χ1n) is 8.56. The Kier molecular flexibility index (Phi) is 5.98. The fourth-order valence-electron chi connectivity index (χ4n) is 2.92. The Morgan fingerprint density at radius 2 is 2.20 bits per heavy atom. The number of nitrogens with zero attached hydrogens (tertiary/aromatic N) is 2. The quantitative estimate of drug-likeness (QED) is 0.878. The Bertz CT molecular complexity index is 693. The van der Waals surface area contributed by atoms with Crippen LogP contribution >= 0.6 is 0 Å².